The number of phenolic OH excluding ortho intramolecular Hbond substituents is 1. The topological polar surface area (TPSA) is 111 Å². The Morgan fingerprint density at radius 1 is 1.00 bits per heavy atom. The number of nitrogens with zero attached hydrogens (tertiary/aromatic N) is 3. The molecule has 0 bridgehead atoms. The molecule has 33 heavy (non-hydrogen) atoms. The SMILES string of the molecule is O=C1CC(=NN2C(=O)CC(c3ccc(O)cc3)C3=C2CCCC3=O)C(c2ccccc2)=NN1. The van der Waals surface area contributed by atoms with Crippen LogP contribution in [0.3, 0.4) is 0 Å². The summed E-state index contributed by atoms with van der Waals surface area (Å²) in [6.45, 7) is 0. The second-order valence-corrected chi connectivity index (χ2v) is 8.28. The number of hydrazone groups is 2. The summed E-state index contributed by atoms with van der Waals surface area (Å²) in [5, 5.41) is 19.7. The average Bonchev–Trinajstić information content (AvgIpc) is 2.82. The van der Waals surface area contributed by atoms with Crippen molar-refractivity contribution in [3.8, 4) is 5.75 Å². The number of ketones is 1. The lowest BCUT2D eigenvalue weighted by atomic mass is 9.78. The second-order valence-electron chi connectivity index (χ2n) is 8.28. The van der Waals surface area contributed by atoms with Crippen LogP contribution in [0.2, 0.25) is 0 Å². The molecule has 8 nitrogen and oxygen atoms in total. The first kappa shape index (κ1) is 20.8. The van der Waals surface area contributed by atoms with E-state index in [1.54, 1.807) is 24.3 Å². The van der Waals surface area contributed by atoms with Crippen molar-refractivity contribution in [2.24, 2.45) is 10.2 Å². The fourth-order valence-corrected chi connectivity index (χ4v) is 4.57. The highest BCUT2D eigenvalue weighted by Gasteiger charge is 2.40. The summed E-state index contributed by atoms with van der Waals surface area (Å²) in [6, 6.07) is 15.9. The Morgan fingerprint density at radius 3 is 2.52 bits per heavy atom. The number of nitrogens with one attached hydrogen (secondary N) is 1. The van der Waals surface area contributed by atoms with E-state index in [0.29, 0.717) is 42.0 Å². The number of amides is 2. The molecule has 1 unspecified atom stereocenters. The van der Waals surface area contributed by atoms with Crippen molar-refractivity contribution in [1.29, 1.82) is 0 Å². The third-order valence-electron chi connectivity index (χ3n) is 6.10. The lowest BCUT2D eigenvalue weighted by Gasteiger charge is -2.36. The molecule has 0 spiro atoms. The highest BCUT2D eigenvalue weighted by molar-refractivity contribution is 6.51. The Labute approximate surface area is 190 Å². The fourth-order valence-electron chi connectivity index (χ4n) is 4.57. The van der Waals surface area contributed by atoms with E-state index in [1.165, 1.54) is 5.01 Å². The Kier molecular flexibility index (Phi) is 5.34. The highest BCUT2D eigenvalue weighted by Crippen LogP contribution is 2.42. The Balaban J connectivity index is 1.60. The number of hydrogen-bond donors (Lipinski definition) is 2. The lowest BCUT2D eigenvalue weighted by Crippen LogP contribution is -2.40. The zero-order chi connectivity index (χ0) is 22.9. The molecule has 0 saturated heterocycles. The van der Waals surface area contributed by atoms with Gasteiger partial charge in [-0.3, -0.25) is 14.4 Å². The quantitative estimate of drug-likeness (QED) is 0.761. The second kappa shape index (κ2) is 8.46. The number of carbonyl (C=O) groups is 3. The van der Waals surface area contributed by atoms with Crippen molar-refractivity contribution in [2.45, 2.75) is 38.0 Å². The predicted octanol–water partition coefficient (Wildman–Crippen LogP) is 3.00. The van der Waals surface area contributed by atoms with Gasteiger partial charge in [0.2, 0.25) is 11.8 Å². The zero-order valence-corrected chi connectivity index (χ0v) is 17.8. The average molecular weight is 442 g/mol. The monoisotopic (exact) mass is 442 g/mol. The van der Waals surface area contributed by atoms with E-state index in [-0.39, 0.29) is 42.1 Å². The Morgan fingerprint density at radius 2 is 1.76 bits per heavy atom. The third kappa shape index (κ3) is 3.95. The molecule has 2 aromatic carbocycles. The van der Waals surface area contributed by atoms with Crippen LogP contribution in [-0.2, 0) is 14.4 Å². The van der Waals surface area contributed by atoms with Gasteiger partial charge in [0.15, 0.2) is 5.78 Å². The Hall–Kier alpha value is -4.07. The van der Waals surface area contributed by atoms with E-state index < -0.39 is 0 Å². The minimum Gasteiger partial charge on any atom is -0.508 e. The molecule has 0 fully saturated rings. The van der Waals surface area contributed by atoms with Gasteiger partial charge in [0, 0.05) is 29.9 Å². The van der Waals surface area contributed by atoms with E-state index in [0.717, 1.165) is 11.1 Å². The number of rotatable bonds is 3. The van der Waals surface area contributed by atoms with E-state index in [2.05, 4.69) is 15.6 Å². The summed E-state index contributed by atoms with van der Waals surface area (Å²) in [5.41, 5.74) is 6.12. The van der Waals surface area contributed by atoms with Crippen molar-refractivity contribution in [3.05, 3.63) is 77.0 Å². The van der Waals surface area contributed by atoms with Crippen molar-refractivity contribution < 1.29 is 19.5 Å². The van der Waals surface area contributed by atoms with E-state index >= 15 is 0 Å². The minimum atomic E-state index is -0.380. The minimum absolute atomic E-state index is 0.00496. The molecule has 2 N–H and O–H groups in total. The maximum Gasteiger partial charge on any atom is 0.248 e. The molecule has 2 heterocycles. The number of aromatic hydroxyl groups is 1. The van der Waals surface area contributed by atoms with Crippen molar-refractivity contribution in [2.75, 3.05) is 0 Å². The summed E-state index contributed by atoms with van der Waals surface area (Å²) in [6.07, 6.45) is 1.66. The van der Waals surface area contributed by atoms with Gasteiger partial charge in [-0.2, -0.15) is 10.2 Å². The van der Waals surface area contributed by atoms with E-state index in [9.17, 15) is 19.5 Å². The van der Waals surface area contributed by atoms with Crippen LogP contribution in [0.15, 0.2) is 76.1 Å². The molecule has 2 aromatic rings. The van der Waals surface area contributed by atoms with Crippen molar-refractivity contribution in [3.63, 3.8) is 0 Å². The number of carbonyl (C=O) groups excluding carboxylic acids is 3. The number of hydrogen-bond acceptors (Lipinski definition) is 6. The molecule has 5 rings (SSSR count). The van der Waals surface area contributed by atoms with Crippen LogP contribution in [0.25, 0.3) is 0 Å². The largest absolute Gasteiger partial charge is 0.508 e. The molecule has 0 saturated carbocycles. The zero-order valence-electron chi connectivity index (χ0n) is 17.8. The van der Waals surface area contributed by atoms with E-state index in [4.69, 9.17) is 0 Å². The fraction of sp³-hybridized carbons (Fsp3) is 0.240. The standard InChI is InChI=1S/C25H22N4O4/c30-17-11-9-15(10-12-17)18-13-23(33)29(20-7-4-8-21(31)24(18)20)28-19-14-22(32)26-27-25(19)16-5-2-1-3-6-16/h1-3,5-6,9-12,18,30H,4,7-8,13-14H2,(H,26,32). The molecular weight excluding hydrogens is 420 g/mol. The number of phenols is 1. The molecule has 8 heteroatoms. The summed E-state index contributed by atoms with van der Waals surface area (Å²) in [4.78, 5) is 38.4. The number of Topliss-reactive ketones (excluding diaryl/α,β-unsaturated/α-hetero) is 1. The summed E-state index contributed by atoms with van der Waals surface area (Å²) in [5.74, 6) is -0.804. The molecule has 2 amide bonds. The highest BCUT2D eigenvalue weighted by atomic mass is 16.3. The third-order valence-corrected chi connectivity index (χ3v) is 6.10. The number of allylic oxidation sites excluding steroid dienone is 2. The van der Waals surface area contributed by atoms with Crippen LogP contribution in [0.1, 0.15) is 49.1 Å². The van der Waals surface area contributed by atoms with Gasteiger partial charge in [0.1, 0.15) is 11.5 Å². The maximum atomic E-state index is 13.3. The van der Waals surface area contributed by atoms with Gasteiger partial charge in [0.25, 0.3) is 0 Å². The van der Waals surface area contributed by atoms with Gasteiger partial charge < -0.3 is 5.11 Å². The van der Waals surface area contributed by atoms with Crippen LogP contribution in [0.4, 0.5) is 0 Å². The maximum absolute atomic E-state index is 13.3. The van der Waals surface area contributed by atoms with E-state index in [1.807, 2.05) is 30.3 Å². The van der Waals surface area contributed by atoms with Gasteiger partial charge in [-0.25, -0.2) is 10.4 Å². The molecule has 0 aromatic heterocycles. The van der Waals surface area contributed by atoms with Gasteiger partial charge in [-0.05, 0) is 30.5 Å². The molecule has 0 radical (unpaired) electrons. The summed E-state index contributed by atoms with van der Waals surface area (Å²) in [7, 11) is 0. The smallest absolute Gasteiger partial charge is 0.248 e. The first-order valence-corrected chi connectivity index (χ1v) is 10.9. The molecule has 3 aliphatic rings. The lowest BCUT2D eigenvalue weighted by molar-refractivity contribution is -0.131. The van der Waals surface area contributed by atoms with Gasteiger partial charge in [-0.15, -0.1) is 0 Å². The van der Waals surface area contributed by atoms with Crippen molar-refractivity contribution >= 4 is 29.0 Å². The normalized spacial score (nSPS) is 22.2. The van der Waals surface area contributed by atoms with Gasteiger partial charge in [-0.1, -0.05) is 42.5 Å². The number of benzene rings is 2. The molecular formula is C25H22N4O4. The predicted molar refractivity (Wildman–Crippen MR) is 121 cm³/mol. The van der Waals surface area contributed by atoms with Crippen LogP contribution >= 0.6 is 0 Å². The van der Waals surface area contributed by atoms with Crippen LogP contribution in [-0.4, -0.2) is 39.1 Å². The Bertz CT molecular complexity index is 1230. The van der Waals surface area contributed by atoms with Gasteiger partial charge in [0.05, 0.1) is 17.8 Å². The van der Waals surface area contributed by atoms with Crippen LogP contribution in [0, 0.1) is 0 Å². The molecule has 166 valence electrons. The summed E-state index contributed by atoms with van der Waals surface area (Å²) < 4.78 is 0. The van der Waals surface area contributed by atoms with Crippen LogP contribution in [0.5, 0.6) is 5.75 Å². The first-order chi connectivity index (χ1) is 16.0. The van der Waals surface area contributed by atoms with Gasteiger partial charge >= 0.3 is 0 Å². The first-order valence-electron chi connectivity index (χ1n) is 10.9. The van der Waals surface area contributed by atoms with Crippen LogP contribution < -0.4 is 5.43 Å². The summed E-state index contributed by atoms with van der Waals surface area (Å²) >= 11 is 0. The van der Waals surface area contributed by atoms with Crippen molar-refractivity contribution in [1.82, 2.24) is 10.4 Å². The molecule has 1 atom stereocenters. The molecule has 1 aliphatic carbocycles. The molecule has 2 aliphatic heterocycles.